The predicted molar refractivity (Wildman–Crippen MR) is 40.9 cm³/mol. The predicted octanol–water partition coefficient (Wildman–Crippen LogP) is 2.21. The van der Waals surface area contributed by atoms with Gasteiger partial charge in [-0.1, -0.05) is 26.2 Å². The first-order valence-corrected chi connectivity index (χ1v) is 4.41. The lowest BCUT2D eigenvalue weighted by atomic mass is 9.66. The average Bonchev–Trinajstić information content (AvgIpc) is 1.85. The van der Waals surface area contributed by atoms with Gasteiger partial charge in [0.15, 0.2) is 0 Å². The highest BCUT2D eigenvalue weighted by Crippen LogP contribution is 2.46. The summed E-state index contributed by atoms with van der Waals surface area (Å²) in [7, 11) is 0. The first-order chi connectivity index (χ1) is 4.83. The van der Waals surface area contributed by atoms with Crippen LogP contribution in [0.15, 0.2) is 0 Å². The van der Waals surface area contributed by atoms with Crippen molar-refractivity contribution in [3.63, 3.8) is 0 Å². The third kappa shape index (κ3) is 0.800. The molecule has 0 aromatic rings. The van der Waals surface area contributed by atoms with Gasteiger partial charge in [0.2, 0.25) is 0 Å². The van der Waals surface area contributed by atoms with Gasteiger partial charge in [0.05, 0.1) is 13.2 Å². The first kappa shape index (κ1) is 6.66. The SMILES string of the molecule is CC1CCCCC12COC2. The van der Waals surface area contributed by atoms with Crippen LogP contribution in [0, 0.1) is 11.3 Å². The largest absolute Gasteiger partial charge is 0.380 e. The second-order valence-electron chi connectivity index (χ2n) is 4.00. The van der Waals surface area contributed by atoms with E-state index in [4.69, 9.17) is 4.74 Å². The molecule has 1 aliphatic heterocycles. The van der Waals surface area contributed by atoms with Crippen molar-refractivity contribution in [3.8, 4) is 0 Å². The van der Waals surface area contributed by atoms with Gasteiger partial charge in [-0.25, -0.2) is 0 Å². The molecule has 1 nitrogen and oxygen atoms in total. The Kier molecular flexibility index (Phi) is 1.48. The van der Waals surface area contributed by atoms with Crippen molar-refractivity contribution in [1.29, 1.82) is 0 Å². The summed E-state index contributed by atoms with van der Waals surface area (Å²) in [5.74, 6) is 0.926. The molecule has 0 N–H and O–H groups in total. The van der Waals surface area contributed by atoms with Crippen LogP contribution in [0.3, 0.4) is 0 Å². The van der Waals surface area contributed by atoms with Crippen LogP contribution in [0.25, 0.3) is 0 Å². The van der Waals surface area contributed by atoms with Crippen LogP contribution in [0.5, 0.6) is 0 Å². The van der Waals surface area contributed by atoms with E-state index in [0.717, 1.165) is 19.1 Å². The molecule has 2 fully saturated rings. The Hall–Kier alpha value is -0.0400. The lowest BCUT2D eigenvalue weighted by molar-refractivity contribution is -0.157. The summed E-state index contributed by atoms with van der Waals surface area (Å²) in [6, 6.07) is 0. The molecule has 2 rings (SSSR count). The van der Waals surface area contributed by atoms with Crippen molar-refractivity contribution in [1.82, 2.24) is 0 Å². The van der Waals surface area contributed by atoms with Crippen LogP contribution in [0.4, 0.5) is 0 Å². The minimum absolute atomic E-state index is 0.637. The zero-order valence-electron chi connectivity index (χ0n) is 6.73. The second-order valence-corrected chi connectivity index (χ2v) is 4.00. The Labute approximate surface area is 62.8 Å². The lowest BCUT2D eigenvalue weighted by Crippen LogP contribution is -2.48. The van der Waals surface area contributed by atoms with Gasteiger partial charge >= 0.3 is 0 Å². The van der Waals surface area contributed by atoms with Crippen molar-refractivity contribution < 1.29 is 4.74 Å². The summed E-state index contributed by atoms with van der Waals surface area (Å²) in [6.45, 7) is 4.49. The maximum Gasteiger partial charge on any atom is 0.0547 e. The van der Waals surface area contributed by atoms with E-state index in [1.165, 1.54) is 25.7 Å². The number of rotatable bonds is 0. The van der Waals surface area contributed by atoms with Gasteiger partial charge in [-0.15, -0.1) is 0 Å². The van der Waals surface area contributed by atoms with E-state index in [-0.39, 0.29) is 0 Å². The van der Waals surface area contributed by atoms with Gasteiger partial charge < -0.3 is 4.74 Å². The Balaban J connectivity index is 2.03. The van der Waals surface area contributed by atoms with Crippen LogP contribution in [0.1, 0.15) is 32.6 Å². The third-order valence-electron chi connectivity index (χ3n) is 3.39. The molecule has 0 radical (unpaired) electrons. The fourth-order valence-electron chi connectivity index (χ4n) is 2.27. The fraction of sp³-hybridized carbons (Fsp3) is 1.00. The monoisotopic (exact) mass is 140 g/mol. The summed E-state index contributed by atoms with van der Waals surface area (Å²) in [5, 5.41) is 0. The molecule has 1 saturated heterocycles. The summed E-state index contributed by atoms with van der Waals surface area (Å²) >= 11 is 0. The molecule has 1 atom stereocenters. The minimum Gasteiger partial charge on any atom is -0.380 e. The van der Waals surface area contributed by atoms with E-state index in [1.54, 1.807) is 0 Å². The van der Waals surface area contributed by atoms with Gasteiger partial charge in [0, 0.05) is 5.41 Å². The van der Waals surface area contributed by atoms with Crippen molar-refractivity contribution in [2.24, 2.45) is 11.3 Å². The Morgan fingerprint density at radius 2 is 2.10 bits per heavy atom. The van der Waals surface area contributed by atoms with Crippen LogP contribution >= 0.6 is 0 Å². The first-order valence-electron chi connectivity index (χ1n) is 4.41. The maximum atomic E-state index is 5.29. The van der Waals surface area contributed by atoms with Gasteiger partial charge in [0.1, 0.15) is 0 Å². The zero-order chi connectivity index (χ0) is 7.03. The molecule has 0 aromatic heterocycles. The van der Waals surface area contributed by atoms with Crippen LogP contribution in [-0.4, -0.2) is 13.2 Å². The maximum absolute atomic E-state index is 5.29. The summed E-state index contributed by atoms with van der Waals surface area (Å²) in [6.07, 6.45) is 5.74. The fourth-order valence-corrected chi connectivity index (χ4v) is 2.27. The van der Waals surface area contributed by atoms with Crippen LogP contribution < -0.4 is 0 Å². The molecule has 1 heteroatoms. The van der Waals surface area contributed by atoms with Gasteiger partial charge in [-0.05, 0) is 12.3 Å². The molecule has 58 valence electrons. The smallest absolute Gasteiger partial charge is 0.0547 e. The van der Waals surface area contributed by atoms with E-state index in [9.17, 15) is 0 Å². The van der Waals surface area contributed by atoms with Crippen molar-refractivity contribution in [2.45, 2.75) is 32.6 Å². The minimum atomic E-state index is 0.637. The number of ether oxygens (including phenoxy) is 1. The van der Waals surface area contributed by atoms with E-state index < -0.39 is 0 Å². The Morgan fingerprint density at radius 1 is 1.30 bits per heavy atom. The topological polar surface area (TPSA) is 9.23 Å². The third-order valence-corrected chi connectivity index (χ3v) is 3.39. The van der Waals surface area contributed by atoms with Gasteiger partial charge in [-0.2, -0.15) is 0 Å². The van der Waals surface area contributed by atoms with E-state index in [2.05, 4.69) is 6.92 Å². The quantitative estimate of drug-likeness (QED) is 0.501. The molecule has 1 saturated carbocycles. The molecule has 0 amide bonds. The van der Waals surface area contributed by atoms with E-state index >= 15 is 0 Å². The number of hydrogen-bond donors (Lipinski definition) is 0. The second kappa shape index (κ2) is 2.23. The molecule has 10 heavy (non-hydrogen) atoms. The van der Waals surface area contributed by atoms with Crippen molar-refractivity contribution in [2.75, 3.05) is 13.2 Å². The van der Waals surface area contributed by atoms with Crippen molar-refractivity contribution in [3.05, 3.63) is 0 Å². The van der Waals surface area contributed by atoms with E-state index in [0.29, 0.717) is 5.41 Å². The standard InChI is InChI=1S/C9H16O/c1-8-4-2-3-5-9(8)6-10-7-9/h8H,2-7H2,1H3. The molecule has 0 bridgehead atoms. The Morgan fingerprint density at radius 3 is 2.50 bits per heavy atom. The molecule has 1 unspecified atom stereocenters. The van der Waals surface area contributed by atoms with Gasteiger partial charge in [-0.3, -0.25) is 0 Å². The molecular formula is C9H16O. The molecule has 0 aromatic carbocycles. The molecule has 1 heterocycles. The summed E-state index contributed by atoms with van der Waals surface area (Å²) < 4.78 is 5.29. The average molecular weight is 140 g/mol. The highest BCUT2D eigenvalue weighted by atomic mass is 16.5. The number of hydrogen-bond acceptors (Lipinski definition) is 1. The molecular weight excluding hydrogens is 124 g/mol. The van der Waals surface area contributed by atoms with Crippen molar-refractivity contribution >= 4 is 0 Å². The van der Waals surface area contributed by atoms with Crippen LogP contribution in [-0.2, 0) is 4.74 Å². The lowest BCUT2D eigenvalue weighted by Gasteiger charge is -2.49. The normalized spacial score (nSPS) is 37.5. The molecule has 1 aliphatic carbocycles. The summed E-state index contributed by atoms with van der Waals surface area (Å²) in [5.41, 5.74) is 0.637. The van der Waals surface area contributed by atoms with Gasteiger partial charge in [0.25, 0.3) is 0 Å². The molecule has 1 spiro atoms. The highest BCUT2D eigenvalue weighted by molar-refractivity contribution is 4.92. The van der Waals surface area contributed by atoms with Crippen LogP contribution in [0.2, 0.25) is 0 Å². The zero-order valence-corrected chi connectivity index (χ0v) is 6.73. The Bertz CT molecular complexity index is 127. The molecule has 2 aliphatic rings. The highest BCUT2D eigenvalue weighted by Gasteiger charge is 2.44. The van der Waals surface area contributed by atoms with E-state index in [1.807, 2.05) is 0 Å². The summed E-state index contributed by atoms with van der Waals surface area (Å²) in [4.78, 5) is 0.